The lowest BCUT2D eigenvalue weighted by Gasteiger charge is -2.16. The minimum absolute atomic E-state index is 0.170. The van der Waals surface area contributed by atoms with Crippen LogP contribution in [0.2, 0.25) is 0 Å². The van der Waals surface area contributed by atoms with Crippen molar-refractivity contribution < 1.29 is 14.7 Å². The fourth-order valence-electron chi connectivity index (χ4n) is 4.74. The number of carbonyl (C=O) groups is 2. The van der Waals surface area contributed by atoms with E-state index in [0.29, 0.717) is 10.5 Å². The molecule has 1 aliphatic carbocycles. The minimum Gasteiger partial charge on any atom is -0.478 e. The molecule has 2 aromatic carbocycles. The predicted molar refractivity (Wildman–Crippen MR) is 139 cm³/mol. The third-order valence-corrected chi connectivity index (χ3v) is 7.35. The van der Waals surface area contributed by atoms with Crippen LogP contribution < -0.4 is 5.32 Å². The zero-order valence-corrected chi connectivity index (χ0v) is 20.4. The third kappa shape index (κ3) is 3.56. The van der Waals surface area contributed by atoms with Gasteiger partial charge in [-0.1, -0.05) is 35.6 Å². The highest BCUT2D eigenvalue weighted by Crippen LogP contribution is 2.44. The molecule has 36 heavy (non-hydrogen) atoms. The van der Waals surface area contributed by atoms with E-state index in [1.54, 1.807) is 12.1 Å². The quantitative estimate of drug-likeness (QED) is 0.351. The molecule has 6 rings (SSSR count). The molecule has 5 aromatic rings. The summed E-state index contributed by atoms with van der Waals surface area (Å²) in [5.41, 5.74) is 6.60. The zero-order chi connectivity index (χ0) is 25.0. The number of anilines is 1. The van der Waals surface area contributed by atoms with E-state index in [1.807, 2.05) is 54.2 Å². The summed E-state index contributed by atoms with van der Waals surface area (Å²) in [6, 6.07) is 14.9. The second-order valence-electron chi connectivity index (χ2n) is 8.73. The molecule has 3 aromatic heterocycles. The number of carboxylic acids is 1. The molecule has 9 heteroatoms. The number of rotatable bonds is 4. The van der Waals surface area contributed by atoms with E-state index in [9.17, 15) is 14.7 Å². The number of aromatic nitrogens is 4. The van der Waals surface area contributed by atoms with E-state index < -0.39 is 5.97 Å². The van der Waals surface area contributed by atoms with Gasteiger partial charge in [0.2, 0.25) is 5.91 Å². The molecule has 178 valence electrons. The van der Waals surface area contributed by atoms with Crippen molar-refractivity contribution in [2.75, 3.05) is 5.32 Å². The fourth-order valence-corrected chi connectivity index (χ4v) is 5.86. The highest BCUT2D eigenvalue weighted by Gasteiger charge is 2.30. The molecule has 2 N–H and O–H groups in total. The van der Waals surface area contributed by atoms with Crippen molar-refractivity contribution in [3.8, 4) is 27.5 Å². The molecule has 0 bridgehead atoms. The number of carboxylic acid groups (broad SMARTS) is 1. The van der Waals surface area contributed by atoms with Gasteiger partial charge in [0.1, 0.15) is 0 Å². The van der Waals surface area contributed by atoms with E-state index in [4.69, 9.17) is 5.10 Å². The number of thiazole rings is 1. The Morgan fingerprint density at radius 1 is 1.06 bits per heavy atom. The van der Waals surface area contributed by atoms with Crippen LogP contribution in [0.5, 0.6) is 0 Å². The average molecular weight is 496 g/mol. The Balaban J connectivity index is 1.65. The molecule has 0 radical (unpaired) electrons. The highest BCUT2D eigenvalue weighted by molar-refractivity contribution is 7.19. The number of hydrogen-bond acceptors (Lipinski definition) is 6. The molecule has 0 saturated heterocycles. The molecule has 0 saturated carbocycles. The molecular formula is C27H21N5O3S. The van der Waals surface area contributed by atoms with Crippen molar-refractivity contribution in [2.45, 2.75) is 26.7 Å². The van der Waals surface area contributed by atoms with Crippen LogP contribution in [-0.2, 0) is 17.6 Å². The molecule has 0 spiro atoms. The third-order valence-electron chi connectivity index (χ3n) is 6.34. The van der Waals surface area contributed by atoms with Crippen molar-refractivity contribution in [2.24, 2.45) is 0 Å². The summed E-state index contributed by atoms with van der Waals surface area (Å²) in [6.07, 6.45) is 3.30. The van der Waals surface area contributed by atoms with Crippen molar-refractivity contribution in [3.63, 3.8) is 0 Å². The number of benzene rings is 2. The van der Waals surface area contributed by atoms with Crippen LogP contribution in [0.1, 0.15) is 34.2 Å². The van der Waals surface area contributed by atoms with Gasteiger partial charge >= 0.3 is 5.97 Å². The maximum atomic E-state index is 11.9. The predicted octanol–water partition coefficient (Wildman–Crippen LogP) is 5.27. The average Bonchev–Trinajstić information content (AvgIpc) is 3.44. The smallest absolute Gasteiger partial charge is 0.336 e. The van der Waals surface area contributed by atoms with Gasteiger partial charge in [-0.2, -0.15) is 5.10 Å². The van der Waals surface area contributed by atoms with Crippen molar-refractivity contribution >= 4 is 39.1 Å². The second kappa shape index (κ2) is 8.39. The SMILES string of the molecule is CC(=O)Nc1nc2c(s1)-c1c(c(-c3ccc(C)nc3)nn1-c1ccc(C(=O)O)c3ccccc13)CC2. The van der Waals surface area contributed by atoms with Gasteiger partial charge in [-0.05, 0) is 49.4 Å². The van der Waals surface area contributed by atoms with Crippen LogP contribution in [0.3, 0.4) is 0 Å². The number of pyridine rings is 1. The number of nitrogens with one attached hydrogen (secondary N) is 1. The lowest BCUT2D eigenvalue weighted by atomic mass is 9.95. The van der Waals surface area contributed by atoms with Gasteiger partial charge in [0.15, 0.2) is 5.13 Å². The molecule has 0 atom stereocenters. The Bertz CT molecular complexity index is 1680. The Morgan fingerprint density at radius 2 is 1.86 bits per heavy atom. The number of hydrogen-bond donors (Lipinski definition) is 2. The van der Waals surface area contributed by atoms with Crippen molar-refractivity contribution in [1.82, 2.24) is 19.7 Å². The number of fused-ring (bicyclic) bond motifs is 4. The largest absolute Gasteiger partial charge is 0.478 e. The molecule has 8 nitrogen and oxygen atoms in total. The second-order valence-corrected chi connectivity index (χ2v) is 9.73. The van der Waals surface area contributed by atoms with Crippen LogP contribution in [0.25, 0.3) is 38.3 Å². The van der Waals surface area contributed by atoms with Gasteiger partial charge in [-0.3, -0.25) is 9.78 Å². The fraction of sp³-hybridized carbons (Fsp3) is 0.148. The summed E-state index contributed by atoms with van der Waals surface area (Å²) in [5, 5.41) is 19.6. The Labute approximate surface area is 210 Å². The molecule has 0 fully saturated rings. The minimum atomic E-state index is -0.976. The van der Waals surface area contributed by atoms with Crippen LogP contribution in [0.15, 0.2) is 54.7 Å². The summed E-state index contributed by atoms with van der Waals surface area (Å²) < 4.78 is 1.90. The molecule has 0 unspecified atom stereocenters. The summed E-state index contributed by atoms with van der Waals surface area (Å²) in [6.45, 7) is 3.41. The standard InChI is InChI=1S/C27H21N5O3S/c1-14-7-8-16(13-28-14)23-20-9-11-21-25(36-27(30-21)29-15(2)33)24(20)32(31-23)22-12-10-19(26(34)35)17-5-3-4-6-18(17)22/h3-8,10,12-13H,9,11H2,1-2H3,(H,34,35)(H,29,30,33). The van der Waals surface area contributed by atoms with Crippen molar-refractivity contribution in [1.29, 1.82) is 0 Å². The lowest BCUT2D eigenvalue weighted by molar-refractivity contribution is -0.114. The molecule has 0 aliphatic heterocycles. The number of carbonyl (C=O) groups excluding carboxylic acids is 1. The van der Waals surface area contributed by atoms with E-state index in [0.717, 1.165) is 62.7 Å². The van der Waals surface area contributed by atoms with E-state index >= 15 is 0 Å². The van der Waals surface area contributed by atoms with Gasteiger partial charge in [0, 0.05) is 35.3 Å². The van der Waals surface area contributed by atoms with E-state index in [-0.39, 0.29) is 11.5 Å². The van der Waals surface area contributed by atoms with Crippen molar-refractivity contribution in [3.05, 3.63) is 77.2 Å². The number of aromatic carboxylic acids is 1. The number of aryl methyl sites for hydroxylation is 2. The normalized spacial score (nSPS) is 12.3. The maximum absolute atomic E-state index is 11.9. The molecular weight excluding hydrogens is 474 g/mol. The summed E-state index contributed by atoms with van der Waals surface area (Å²) in [4.78, 5) is 33.7. The van der Waals surface area contributed by atoms with Gasteiger partial charge < -0.3 is 10.4 Å². The van der Waals surface area contributed by atoms with Gasteiger partial charge in [-0.15, -0.1) is 0 Å². The zero-order valence-electron chi connectivity index (χ0n) is 19.6. The van der Waals surface area contributed by atoms with E-state index in [1.165, 1.54) is 18.3 Å². The van der Waals surface area contributed by atoms with Crippen LogP contribution >= 0.6 is 11.3 Å². The van der Waals surface area contributed by atoms with Gasteiger partial charge in [0.25, 0.3) is 0 Å². The Hall–Kier alpha value is -4.37. The monoisotopic (exact) mass is 495 g/mol. The number of amides is 1. The Kier molecular flexibility index (Phi) is 5.15. The first kappa shape index (κ1) is 22.1. The van der Waals surface area contributed by atoms with Gasteiger partial charge in [0.05, 0.1) is 33.2 Å². The van der Waals surface area contributed by atoms with Crippen LogP contribution in [0, 0.1) is 6.92 Å². The van der Waals surface area contributed by atoms with Gasteiger partial charge in [-0.25, -0.2) is 14.5 Å². The molecule has 1 aliphatic rings. The van der Waals surface area contributed by atoms with Crippen LogP contribution in [0.4, 0.5) is 5.13 Å². The topological polar surface area (TPSA) is 110 Å². The molecule has 1 amide bonds. The van der Waals surface area contributed by atoms with E-state index in [2.05, 4.69) is 15.3 Å². The van der Waals surface area contributed by atoms with Crippen LogP contribution in [-0.4, -0.2) is 36.7 Å². The Morgan fingerprint density at radius 3 is 2.58 bits per heavy atom. The first-order valence-electron chi connectivity index (χ1n) is 11.5. The number of nitrogens with zero attached hydrogens (tertiary/aromatic N) is 4. The maximum Gasteiger partial charge on any atom is 0.336 e. The summed E-state index contributed by atoms with van der Waals surface area (Å²) in [7, 11) is 0. The summed E-state index contributed by atoms with van der Waals surface area (Å²) in [5.74, 6) is -1.15. The first-order valence-corrected chi connectivity index (χ1v) is 12.3. The first-order chi connectivity index (χ1) is 17.4. The molecule has 3 heterocycles. The lowest BCUT2D eigenvalue weighted by Crippen LogP contribution is -2.07. The summed E-state index contributed by atoms with van der Waals surface area (Å²) >= 11 is 1.43. The highest BCUT2D eigenvalue weighted by atomic mass is 32.1.